The van der Waals surface area contributed by atoms with Crippen molar-refractivity contribution < 1.29 is 9.53 Å². The van der Waals surface area contributed by atoms with E-state index in [0.717, 1.165) is 31.2 Å². The Balaban J connectivity index is 1.74. The number of aryl methyl sites for hydroxylation is 1. The fourth-order valence-corrected chi connectivity index (χ4v) is 4.56. The number of nitrogens with zero attached hydrogens (tertiary/aromatic N) is 1. The molecule has 26 heavy (non-hydrogen) atoms. The van der Waals surface area contributed by atoms with Gasteiger partial charge >= 0.3 is 0 Å². The topological polar surface area (TPSA) is 62.1 Å². The maximum atomic E-state index is 12.5. The van der Waals surface area contributed by atoms with Crippen LogP contribution in [0.2, 0.25) is 5.02 Å². The highest BCUT2D eigenvalue weighted by Crippen LogP contribution is 2.36. The van der Waals surface area contributed by atoms with Crippen LogP contribution in [0.25, 0.3) is 0 Å². The summed E-state index contributed by atoms with van der Waals surface area (Å²) in [6, 6.07) is 9.24. The Morgan fingerprint density at radius 3 is 2.81 bits per heavy atom. The van der Waals surface area contributed by atoms with Crippen LogP contribution < -0.4 is 10.1 Å². The molecule has 1 unspecified atom stereocenters. The molecule has 1 aromatic heterocycles. The van der Waals surface area contributed by atoms with Gasteiger partial charge in [-0.15, -0.1) is 11.3 Å². The van der Waals surface area contributed by atoms with Crippen LogP contribution in [0.1, 0.15) is 48.6 Å². The normalized spacial score (nSPS) is 15.1. The van der Waals surface area contributed by atoms with E-state index in [1.807, 2.05) is 0 Å². The Hall–Kier alpha value is -2.03. The van der Waals surface area contributed by atoms with E-state index in [9.17, 15) is 10.1 Å². The van der Waals surface area contributed by atoms with Crippen LogP contribution in [-0.2, 0) is 17.6 Å². The molecule has 0 saturated heterocycles. The molecule has 1 amide bonds. The van der Waals surface area contributed by atoms with Crippen molar-refractivity contribution in [2.45, 2.75) is 51.6 Å². The number of nitrogens with one attached hydrogen (secondary N) is 1. The molecule has 0 aliphatic heterocycles. The molecule has 0 spiro atoms. The number of thiophene rings is 1. The molecule has 0 saturated carbocycles. The lowest BCUT2D eigenvalue weighted by atomic mass is 9.97. The number of carbonyl (C=O) groups is 1. The molecule has 1 aromatic carbocycles. The van der Waals surface area contributed by atoms with Crippen LogP contribution in [-0.4, -0.2) is 12.0 Å². The van der Waals surface area contributed by atoms with Gasteiger partial charge in [0.1, 0.15) is 16.8 Å². The summed E-state index contributed by atoms with van der Waals surface area (Å²) in [6.07, 6.45) is 5.88. The Morgan fingerprint density at radius 1 is 1.31 bits per heavy atom. The molecule has 6 heteroatoms. The van der Waals surface area contributed by atoms with E-state index in [-0.39, 0.29) is 5.91 Å². The molecule has 0 radical (unpaired) electrons. The Bertz CT molecular complexity index is 841. The SMILES string of the molecule is CC(Oc1cccc(Cl)c1)C(=O)Nc1sc2c(c1C#N)CCCCCC2. The number of carbonyl (C=O) groups excluding carboxylic acids is 1. The molecule has 0 fully saturated rings. The highest BCUT2D eigenvalue weighted by Gasteiger charge is 2.23. The minimum absolute atomic E-state index is 0.268. The van der Waals surface area contributed by atoms with Gasteiger partial charge in [-0.25, -0.2) is 0 Å². The van der Waals surface area contributed by atoms with E-state index < -0.39 is 6.10 Å². The summed E-state index contributed by atoms with van der Waals surface area (Å²) in [7, 11) is 0. The lowest BCUT2D eigenvalue weighted by Gasteiger charge is -2.14. The third-order valence-electron chi connectivity index (χ3n) is 4.50. The number of amides is 1. The van der Waals surface area contributed by atoms with Crippen molar-refractivity contribution in [2.24, 2.45) is 0 Å². The Kier molecular flexibility index (Phi) is 6.18. The molecule has 1 aliphatic rings. The number of benzene rings is 1. The van der Waals surface area contributed by atoms with Crippen LogP contribution in [0.4, 0.5) is 5.00 Å². The second kappa shape index (κ2) is 8.57. The number of hydrogen-bond donors (Lipinski definition) is 1. The van der Waals surface area contributed by atoms with Crippen LogP contribution in [0, 0.1) is 11.3 Å². The van der Waals surface area contributed by atoms with E-state index in [1.165, 1.54) is 29.1 Å². The molecule has 0 bridgehead atoms. The average molecular weight is 389 g/mol. The summed E-state index contributed by atoms with van der Waals surface area (Å²) in [5.41, 5.74) is 1.74. The summed E-state index contributed by atoms with van der Waals surface area (Å²) in [5, 5.41) is 13.7. The van der Waals surface area contributed by atoms with Crippen molar-refractivity contribution in [3.8, 4) is 11.8 Å². The lowest BCUT2D eigenvalue weighted by molar-refractivity contribution is -0.122. The number of rotatable bonds is 4. The number of fused-ring (bicyclic) bond motifs is 1. The number of nitriles is 1. The number of anilines is 1. The zero-order valence-electron chi connectivity index (χ0n) is 14.7. The predicted molar refractivity (Wildman–Crippen MR) is 105 cm³/mol. The second-order valence-electron chi connectivity index (χ2n) is 6.44. The maximum Gasteiger partial charge on any atom is 0.265 e. The Morgan fingerprint density at radius 2 is 2.08 bits per heavy atom. The maximum absolute atomic E-state index is 12.5. The summed E-state index contributed by atoms with van der Waals surface area (Å²) < 4.78 is 5.67. The van der Waals surface area contributed by atoms with E-state index in [1.54, 1.807) is 31.2 Å². The summed E-state index contributed by atoms with van der Waals surface area (Å²) >= 11 is 7.48. The molecule has 1 heterocycles. The van der Waals surface area contributed by atoms with Gasteiger partial charge in [0, 0.05) is 9.90 Å². The number of ether oxygens (including phenoxy) is 1. The number of hydrogen-bond acceptors (Lipinski definition) is 4. The van der Waals surface area contributed by atoms with Crippen molar-refractivity contribution >= 4 is 33.8 Å². The standard InChI is InChI=1S/C20H21ClN2O2S/c1-13(25-15-8-6-7-14(21)11-15)19(24)23-20-17(12-22)16-9-4-2-3-5-10-18(16)26-20/h6-8,11,13H,2-5,9-10H2,1H3,(H,23,24). The molecule has 1 atom stereocenters. The quantitative estimate of drug-likeness (QED) is 0.769. The van der Waals surface area contributed by atoms with Crippen molar-refractivity contribution in [2.75, 3.05) is 5.32 Å². The van der Waals surface area contributed by atoms with Gasteiger partial charge in [-0.3, -0.25) is 4.79 Å². The first kappa shape index (κ1) is 18.8. The van der Waals surface area contributed by atoms with E-state index >= 15 is 0 Å². The van der Waals surface area contributed by atoms with Crippen molar-refractivity contribution in [3.05, 3.63) is 45.3 Å². The molecular formula is C20H21ClN2O2S. The predicted octanol–water partition coefficient (Wildman–Crippen LogP) is 5.34. The smallest absolute Gasteiger partial charge is 0.265 e. The second-order valence-corrected chi connectivity index (χ2v) is 7.98. The molecule has 2 aromatic rings. The molecule has 1 aliphatic carbocycles. The third-order valence-corrected chi connectivity index (χ3v) is 5.94. The minimum Gasteiger partial charge on any atom is -0.481 e. The van der Waals surface area contributed by atoms with Gasteiger partial charge < -0.3 is 10.1 Å². The largest absolute Gasteiger partial charge is 0.481 e. The first-order valence-corrected chi connectivity index (χ1v) is 10.1. The van der Waals surface area contributed by atoms with E-state index in [2.05, 4.69) is 11.4 Å². The highest BCUT2D eigenvalue weighted by molar-refractivity contribution is 7.16. The van der Waals surface area contributed by atoms with Gasteiger partial charge in [0.2, 0.25) is 0 Å². The number of halogens is 1. The molecule has 4 nitrogen and oxygen atoms in total. The van der Waals surface area contributed by atoms with Gasteiger partial charge in [0.05, 0.1) is 5.56 Å². The van der Waals surface area contributed by atoms with Gasteiger partial charge in [-0.05, 0) is 56.4 Å². The van der Waals surface area contributed by atoms with Crippen LogP contribution in [0.5, 0.6) is 5.75 Å². The highest BCUT2D eigenvalue weighted by atomic mass is 35.5. The molecule has 1 N–H and O–H groups in total. The Labute approximate surface area is 162 Å². The van der Waals surface area contributed by atoms with Gasteiger partial charge in [0.15, 0.2) is 6.10 Å². The van der Waals surface area contributed by atoms with Crippen LogP contribution in [0.3, 0.4) is 0 Å². The first-order chi connectivity index (χ1) is 12.6. The zero-order chi connectivity index (χ0) is 18.5. The van der Waals surface area contributed by atoms with E-state index in [0.29, 0.717) is 21.3 Å². The lowest BCUT2D eigenvalue weighted by Crippen LogP contribution is -2.30. The van der Waals surface area contributed by atoms with Crippen molar-refractivity contribution in [1.29, 1.82) is 5.26 Å². The summed E-state index contributed by atoms with van der Waals surface area (Å²) in [5.74, 6) is 0.273. The summed E-state index contributed by atoms with van der Waals surface area (Å²) in [4.78, 5) is 13.8. The van der Waals surface area contributed by atoms with Crippen LogP contribution in [0.15, 0.2) is 24.3 Å². The van der Waals surface area contributed by atoms with Crippen molar-refractivity contribution in [3.63, 3.8) is 0 Å². The van der Waals surface area contributed by atoms with Gasteiger partial charge in [-0.2, -0.15) is 5.26 Å². The van der Waals surface area contributed by atoms with Crippen LogP contribution >= 0.6 is 22.9 Å². The fourth-order valence-electron chi connectivity index (χ4n) is 3.14. The van der Waals surface area contributed by atoms with Gasteiger partial charge in [-0.1, -0.05) is 30.5 Å². The van der Waals surface area contributed by atoms with E-state index in [4.69, 9.17) is 16.3 Å². The third kappa shape index (κ3) is 4.38. The monoisotopic (exact) mass is 388 g/mol. The average Bonchev–Trinajstić information content (AvgIpc) is 2.90. The summed E-state index contributed by atoms with van der Waals surface area (Å²) in [6.45, 7) is 1.69. The minimum atomic E-state index is -0.690. The molecular weight excluding hydrogens is 368 g/mol. The zero-order valence-corrected chi connectivity index (χ0v) is 16.3. The van der Waals surface area contributed by atoms with Gasteiger partial charge in [0.25, 0.3) is 5.91 Å². The first-order valence-electron chi connectivity index (χ1n) is 8.86. The molecule has 136 valence electrons. The van der Waals surface area contributed by atoms with Crippen molar-refractivity contribution in [1.82, 2.24) is 0 Å². The molecule has 3 rings (SSSR count). The fraction of sp³-hybridized carbons (Fsp3) is 0.400.